The van der Waals surface area contributed by atoms with Crippen LogP contribution in [-0.4, -0.2) is 56.1 Å². The molecule has 0 saturated carbocycles. The van der Waals surface area contributed by atoms with Crippen molar-refractivity contribution in [1.82, 2.24) is 30.0 Å². The molecule has 0 atom stereocenters. The van der Waals surface area contributed by atoms with Gasteiger partial charge in [-0.2, -0.15) is 0 Å². The molecule has 0 bridgehead atoms. The number of amides is 2. The van der Waals surface area contributed by atoms with Crippen LogP contribution in [0.5, 0.6) is 0 Å². The average Bonchev–Trinajstić information content (AvgIpc) is 3.34. The van der Waals surface area contributed by atoms with Crippen molar-refractivity contribution in [2.24, 2.45) is 0 Å². The zero-order valence-corrected chi connectivity index (χ0v) is 15.8. The van der Waals surface area contributed by atoms with E-state index >= 15 is 0 Å². The first kappa shape index (κ1) is 18.3. The normalized spacial score (nSPS) is 16.3. The lowest BCUT2D eigenvalue weighted by Gasteiger charge is -2.20. The van der Waals surface area contributed by atoms with Crippen LogP contribution in [0.3, 0.4) is 0 Å². The Kier molecular flexibility index (Phi) is 5.45. The van der Waals surface area contributed by atoms with Crippen LogP contribution in [0.15, 0.2) is 36.2 Å². The van der Waals surface area contributed by atoms with Gasteiger partial charge in [0, 0.05) is 57.0 Å². The van der Waals surface area contributed by atoms with E-state index in [0.29, 0.717) is 44.6 Å². The van der Waals surface area contributed by atoms with Gasteiger partial charge < -0.3 is 14.8 Å². The van der Waals surface area contributed by atoms with Gasteiger partial charge in [0.1, 0.15) is 11.6 Å². The number of carbonyl (C=O) groups is 2. The maximum absolute atomic E-state index is 12.7. The van der Waals surface area contributed by atoms with Crippen molar-refractivity contribution in [3.8, 4) is 0 Å². The van der Waals surface area contributed by atoms with Crippen LogP contribution in [0, 0.1) is 0 Å². The van der Waals surface area contributed by atoms with Gasteiger partial charge in [0.05, 0.1) is 5.56 Å². The van der Waals surface area contributed by atoms with Gasteiger partial charge in [-0.25, -0.2) is 0 Å². The summed E-state index contributed by atoms with van der Waals surface area (Å²) in [5, 5.41) is 11.5. The molecule has 0 aromatic carbocycles. The minimum absolute atomic E-state index is 0.148. The Morgan fingerprint density at radius 1 is 1.14 bits per heavy atom. The van der Waals surface area contributed by atoms with Gasteiger partial charge in [0.15, 0.2) is 0 Å². The van der Waals surface area contributed by atoms with Crippen LogP contribution in [-0.2, 0) is 24.2 Å². The predicted octanol–water partition coefficient (Wildman–Crippen LogP) is 1.14. The van der Waals surface area contributed by atoms with Crippen LogP contribution in [0.1, 0.15) is 41.3 Å². The number of aromatic nitrogens is 4. The highest BCUT2D eigenvalue weighted by Crippen LogP contribution is 2.21. The monoisotopic (exact) mass is 380 g/mol. The van der Waals surface area contributed by atoms with E-state index in [-0.39, 0.29) is 11.8 Å². The van der Waals surface area contributed by atoms with E-state index < -0.39 is 0 Å². The van der Waals surface area contributed by atoms with Crippen molar-refractivity contribution in [2.75, 3.05) is 19.6 Å². The molecule has 0 spiro atoms. The fraction of sp³-hybridized carbons (Fsp3) is 0.450. The topological polar surface area (TPSA) is 93.0 Å². The summed E-state index contributed by atoms with van der Waals surface area (Å²) in [6.07, 6.45) is 9.53. The Hall–Kier alpha value is -3.03. The molecule has 0 radical (unpaired) electrons. The number of hydrogen-bond donors (Lipinski definition) is 1. The van der Waals surface area contributed by atoms with Gasteiger partial charge in [0.2, 0.25) is 5.91 Å². The molecule has 8 nitrogen and oxygen atoms in total. The Labute approximate surface area is 163 Å². The number of carbonyl (C=O) groups excluding carboxylic acids is 2. The predicted molar refractivity (Wildman–Crippen MR) is 103 cm³/mol. The zero-order valence-electron chi connectivity index (χ0n) is 15.8. The molecule has 3 heterocycles. The summed E-state index contributed by atoms with van der Waals surface area (Å²) in [6.45, 7) is 2.50. The molecule has 0 fully saturated rings. The second-order valence-corrected chi connectivity index (χ2v) is 7.10. The molecule has 28 heavy (non-hydrogen) atoms. The second kappa shape index (κ2) is 8.33. The molecule has 2 amide bonds. The van der Waals surface area contributed by atoms with Crippen molar-refractivity contribution in [2.45, 2.75) is 38.6 Å². The Morgan fingerprint density at radius 2 is 2.07 bits per heavy atom. The molecule has 1 aliphatic carbocycles. The molecule has 2 aromatic rings. The highest BCUT2D eigenvalue weighted by atomic mass is 16.2. The van der Waals surface area contributed by atoms with Crippen molar-refractivity contribution in [3.05, 3.63) is 53.4 Å². The van der Waals surface area contributed by atoms with Gasteiger partial charge in [-0.15, -0.1) is 10.2 Å². The number of nitrogens with one attached hydrogen (secondary N) is 1. The highest BCUT2D eigenvalue weighted by molar-refractivity contribution is 5.94. The summed E-state index contributed by atoms with van der Waals surface area (Å²) in [7, 11) is 0. The lowest BCUT2D eigenvalue weighted by atomic mass is 10.2. The first-order chi connectivity index (χ1) is 13.7. The number of rotatable bonds is 5. The number of nitrogens with zero attached hydrogens (tertiary/aromatic N) is 5. The third-order valence-corrected chi connectivity index (χ3v) is 5.26. The number of fused-ring (bicyclic) bond motifs is 1. The lowest BCUT2D eigenvalue weighted by molar-refractivity contribution is -0.127. The molecule has 0 unspecified atom stereocenters. The second-order valence-electron chi connectivity index (χ2n) is 7.10. The average molecular weight is 380 g/mol. The molecule has 146 valence electrons. The van der Waals surface area contributed by atoms with Gasteiger partial charge in [-0.05, 0) is 31.4 Å². The van der Waals surface area contributed by atoms with E-state index in [1.165, 1.54) is 0 Å². The van der Waals surface area contributed by atoms with Gasteiger partial charge in [-0.1, -0.05) is 6.08 Å². The van der Waals surface area contributed by atoms with E-state index in [4.69, 9.17) is 0 Å². The highest BCUT2D eigenvalue weighted by Gasteiger charge is 2.24. The summed E-state index contributed by atoms with van der Waals surface area (Å²) in [5.41, 5.74) is 1.49. The Balaban J connectivity index is 1.33. The third-order valence-electron chi connectivity index (χ3n) is 5.26. The van der Waals surface area contributed by atoms with Crippen molar-refractivity contribution < 1.29 is 9.59 Å². The van der Waals surface area contributed by atoms with E-state index in [9.17, 15) is 9.59 Å². The molecular weight excluding hydrogens is 356 g/mol. The first-order valence-corrected chi connectivity index (χ1v) is 9.80. The molecule has 0 saturated heterocycles. The summed E-state index contributed by atoms with van der Waals surface area (Å²) < 4.78 is 2.09. The van der Waals surface area contributed by atoms with Crippen LogP contribution < -0.4 is 5.32 Å². The molecular formula is C20H24N6O2. The van der Waals surface area contributed by atoms with E-state index in [2.05, 4.69) is 31.1 Å². The minimum Gasteiger partial charge on any atom is -0.352 e. The summed E-state index contributed by atoms with van der Waals surface area (Å²) in [4.78, 5) is 30.7. The molecule has 8 heteroatoms. The van der Waals surface area contributed by atoms with Gasteiger partial charge >= 0.3 is 0 Å². The fourth-order valence-electron chi connectivity index (χ4n) is 3.73. The fourth-order valence-corrected chi connectivity index (χ4v) is 3.73. The van der Waals surface area contributed by atoms with Crippen LogP contribution in [0.25, 0.3) is 0 Å². The number of pyridine rings is 1. The third kappa shape index (κ3) is 3.95. The lowest BCUT2D eigenvalue weighted by Crippen LogP contribution is -2.34. The van der Waals surface area contributed by atoms with Crippen LogP contribution >= 0.6 is 0 Å². The number of allylic oxidation sites excluding steroid dienone is 1. The minimum atomic E-state index is -0.148. The van der Waals surface area contributed by atoms with E-state index in [1.807, 2.05) is 4.90 Å². The van der Waals surface area contributed by atoms with Gasteiger partial charge in [-0.3, -0.25) is 14.6 Å². The maximum Gasteiger partial charge on any atom is 0.252 e. The Morgan fingerprint density at radius 3 is 2.86 bits per heavy atom. The molecule has 2 aliphatic rings. The van der Waals surface area contributed by atoms with Crippen LogP contribution in [0.4, 0.5) is 0 Å². The van der Waals surface area contributed by atoms with E-state index in [1.54, 1.807) is 24.5 Å². The molecule has 2 aromatic heterocycles. The van der Waals surface area contributed by atoms with Gasteiger partial charge in [0.25, 0.3) is 5.91 Å². The number of hydrogen-bond acceptors (Lipinski definition) is 5. The van der Waals surface area contributed by atoms with Crippen LogP contribution in [0.2, 0.25) is 0 Å². The SMILES string of the molecule is O=C(NCCc1nnc2n1CCN(C(=O)C1=CCCC1)CC2)c1cccnc1. The largest absolute Gasteiger partial charge is 0.352 e. The van der Waals surface area contributed by atoms with Crippen molar-refractivity contribution in [3.63, 3.8) is 0 Å². The van der Waals surface area contributed by atoms with Crippen molar-refractivity contribution >= 4 is 11.8 Å². The zero-order chi connectivity index (χ0) is 19.3. The first-order valence-electron chi connectivity index (χ1n) is 9.80. The molecule has 1 N–H and O–H groups in total. The summed E-state index contributed by atoms with van der Waals surface area (Å²) >= 11 is 0. The molecule has 1 aliphatic heterocycles. The van der Waals surface area contributed by atoms with Crippen molar-refractivity contribution in [1.29, 1.82) is 0 Å². The smallest absolute Gasteiger partial charge is 0.252 e. The Bertz CT molecular complexity index is 889. The standard InChI is InChI=1S/C20H24N6O2/c27-19(16-6-3-9-21-14-16)22-10-7-17-23-24-18-8-11-25(12-13-26(17)18)20(28)15-4-1-2-5-15/h3-4,6,9,14H,1-2,5,7-8,10-13H2,(H,22,27). The molecule has 4 rings (SSSR count). The van der Waals surface area contributed by atoms with E-state index in [0.717, 1.165) is 36.5 Å². The summed E-state index contributed by atoms with van der Waals surface area (Å²) in [6, 6.07) is 3.47. The maximum atomic E-state index is 12.7. The summed E-state index contributed by atoms with van der Waals surface area (Å²) in [5.74, 6) is 1.77. The quantitative estimate of drug-likeness (QED) is 0.840.